The quantitative estimate of drug-likeness (QED) is 0.775. The second-order valence-electron chi connectivity index (χ2n) is 3.92. The Morgan fingerprint density at radius 3 is 2.93 bits per heavy atom. The summed E-state index contributed by atoms with van der Waals surface area (Å²) >= 11 is 3.61. The first-order valence-electron chi connectivity index (χ1n) is 5.27. The number of alkyl halides is 1. The zero-order chi connectivity index (χ0) is 10.7. The normalized spacial score (nSPS) is 22.1. The van der Waals surface area contributed by atoms with Crippen LogP contribution in [0.3, 0.4) is 0 Å². The summed E-state index contributed by atoms with van der Waals surface area (Å²) in [5, 5.41) is 0. The van der Waals surface area contributed by atoms with Gasteiger partial charge in [-0.2, -0.15) is 0 Å². The second kappa shape index (κ2) is 4.94. The van der Waals surface area contributed by atoms with Crippen LogP contribution in [-0.2, 0) is 6.54 Å². The molecule has 1 fully saturated rings. The predicted molar refractivity (Wildman–Crippen MR) is 64.5 cm³/mol. The lowest BCUT2D eigenvalue weighted by atomic mass is 10.4. The zero-order valence-electron chi connectivity index (χ0n) is 8.60. The molecule has 1 aliphatic heterocycles. The number of likely N-dealkylation sites (tertiary alicyclic amines) is 1. The van der Waals surface area contributed by atoms with Crippen LogP contribution in [0.5, 0.6) is 0 Å². The molecule has 1 aromatic heterocycles. The van der Waals surface area contributed by atoms with Crippen molar-refractivity contribution in [1.29, 1.82) is 0 Å². The Balaban J connectivity index is 1.88. The minimum atomic E-state index is 0.0899. The predicted octanol–water partition coefficient (Wildman–Crippen LogP) is 1.32. The number of hydrogen-bond acceptors (Lipinski definition) is 2. The summed E-state index contributed by atoms with van der Waals surface area (Å²) in [5.41, 5.74) is 0.0899. The van der Waals surface area contributed by atoms with Crippen LogP contribution in [0.1, 0.15) is 6.42 Å². The van der Waals surface area contributed by atoms with E-state index in [2.05, 4.69) is 20.8 Å². The first-order valence-corrected chi connectivity index (χ1v) is 6.19. The van der Waals surface area contributed by atoms with Crippen molar-refractivity contribution in [2.24, 2.45) is 0 Å². The summed E-state index contributed by atoms with van der Waals surface area (Å²) in [6.07, 6.45) is 3.06. The maximum atomic E-state index is 11.4. The fourth-order valence-electron chi connectivity index (χ4n) is 1.88. The monoisotopic (exact) mass is 270 g/mol. The van der Waals surface area contributed by atoms with Gasteiger partial charge < -0.3 is 9.47 Å². The fourth-order valence-corrected chi connectivity index (χ4v) is 2.50. The molecule has 1 aliphatic rings. The van der Waals surface area contributed by atoms with Crippen LogP contribution in [0.25, 0.3) is 0 Å². The molecule has 1 aromatic rings. The number of pyridine rings is 1. The van der Waals surface area contributed by atoms with Gasteiger partial charge in [0.2, 0.25) is 0 Å². The van der Waals surface area contributed by atoms with Crippen molar-refractivity contribution < 1.29 is 0 Å². The highest BCUT2D eigenvalue weighted by atomic mass is 79.9. The molecule has 4 heteroatoms. The highest BCUT2D eigenvalue weighted by Gasteiger charge is 2.19. The molecule has 0 radical (unpaired) electrons. The molecule has 2 heterocycles. The van der Waals surface area contributed by atoms with E-state index in [0.717, 1.165) is 26.2 Å². The van der Waals surface area contributed by atoms with E-state index in [1.165, 1.54) is 6.42 Å². The lowest BCUT2D eigenvalue weighted by Gasteiger charge is -2.15. The van der Waals surface area contributed by atoms with E-state index in [9.17, 15) is 4.79 Å². The highest BCUT2D eigenvalue weighted by molar-refractivity contribution is 9.09. The Morgan fingerprint density at radius 2 is 2.27 bits per heavy atom. The summed E-state index contributed by atoms with van der Waals surface area (Å²) in [5.74, 6) is 0. The number of aromatic nitrogens is 1. The van der Waals surface area contributed by atoms with E-state index in [1.54, 1.807) is 16.7 Å². The Labute approximate surface area is 97.8 Å². The van der Waals surface area contributed by atoms with Crippen molar-refractivity contribution >= 4 is 15.9 Å². The Kier molecular flexibility index (Phi) is 3.59. The van der Waals surface area contributed by atoms with Crippen molar-refractivity contribution in [3.63, 3.8) is 0 Å². The van der Waals surface area contributed by atoms with E-state index in [1.807, 2.05) is 12.3 Å². The van der Waals surface area contributed by atoms with E-state index in [4.69, 9.17) is 0 Å². The molecule has 1 saturated heterocycles. The van der Waals surface area contributed by atoms with Gasteiger partial charge in [-0.15, -0.1) is 0 Å². The molecule has 0 amide bonds. The van der Waals surface area contributed by atoms with E-state index in [-0.39, 0.29) is 5.56 Å². The average Bonchev–Trinajstić information content (AvgIpc) is 2.63. The number of nitrogens with zero attached hydrogens (tertiary/aromatic N) is 2. The van der Waals surface area contributed by atoms with Crippen molar-refractivity contribution in [2.45, 2.75) is 17.8 Å². The van der Waals surface area contributed by atoms with E-state index in [0.29, 0.717) is 4.83 Å². The smallest absolute Gasteiger partial charge is 0.250 e. The van der Waals surface area contributed by atoms with Gasteiger partial charge in [0.05, 0.1) is 0 Å². The second-order valence-corrected chi connectivity index (χ2v) is 5.21. The van der Waals surface area contributed by atoms with E-state index >= 15 is 0 Å². The molecule has 0 N–H and O–H groups in total. The third kappa shape index (κ3) is 2.92. The molecular weight excluding hydrogens is 256 g/mol. The standard InChI is InChI=1S/C11H15BrN2O/c12-10-4-6-13(9-10)7-8-14-5-2-1-3-11(14)15/h1-3,5,10H,4,6-9H2. The molecule has 82 valence electrons. The fraction of sp³-hybridized carbons (Fsp3) is 0.545. The molecule has 0 aliphatic carbocycles. The average molecular weight is 271 g/mol. The van der Waals surface area contributed by atoms with Crippen LogP contribution >= 0.6 is 15.9 Å². The van der Waals surface area contributed by atoms with Gasteiger partial charge in [-0.05, 0) is 19.0 Å². The summed E-state index contributed by atoms with van der Waals surface area (Å²) in [4.78, 5) is 14.4. The molecule has 3 nitrogen and oxygen atoms in total. The molecular formula is C11H15BrN2O. The maximum absolute atomic E-state index is 11.4. The van der Waals surface area contributed by atoms with Gasteiger partial charge in [0.1, 0.15) is 0 Å². The molecule has 0 aromatic carbocycles. The maximum Gasteiger partial charge on any atom is 0.250 e. The van der Waals surface area contributed by atoms with Crippen molar-refractivity contribution in [3.8, 4) is 0 Å². The molecule has 1 atom stereocenters. The van der Waals surface area contributed by atoms with Gasteiger partial charge in [-0.1, -0.05) is 22.0 Å². The summed E-state index contributed by atoms with van der Waals surface area (Å²) in [6, 6.07) is 5.29. The van der Waals surface area contributed by atoms with Crippen LogP contribution in [0.4, 0.5) is 0 Å². The molecule has 1 unspecified atom stereocenters. The summed E-state index contributed by atoms with van der Waals surface area (Å²) < 4.78 is 1.77. The van der Waals surface area contributed by atoms with E-state index < -0.39 is 0 Å². The van der Waals surface area contributed by atoms with Crippen molar-refractivity contribution in [2.75, 3.05) is 19.6 Å². The van der Waals surface area contributed by atoms with Gasteiger partial charge >= 0.3 is 0 Å². The minimum Gasteiger partial charge on any atom is -0.314 e. The summed E-state index contributed by atoms with van der Waals surface area (Å²) in [7, 11) is 0. The van der Waals surface area contributed by atoms with Crippen LogP contribution in [-0.4, -0.2) is 33.9 Å². The van der Waals surface area contributed by atoms with Crippen molar-refractivity contribution in [1.82, 2.24) is 9.47 Å². The van der Waals surface area contributed by atoms with Crippen molar-refractivity contribution in [3.05, 3.63) is 34.7 Å². The Morgan fingerprint density at radius 1 is 1.40 bits per heavy atom. The molecule has 15 heavy (non-hydrogen) atoms. The van der Waals surface area contributed by atoms with Crippen LogP contribution in [0.15, 0.2) is 29.2 Å². The van der Waals surface area contributed by atoms with Gasteiger partial charge in [-0.25, -0.2) is 0 Å². The summed E-state index contributed by atoms with van der Waals surface area (Å²) in [6.45, 7) is 3.99. The third-order valence-electron chi connectivity index (χ3n) is 2.77. The molecule has 0 spiro atoms. The van der Waals surface area contributed by atoms with Crippen LogP contribution in [0, 0.1) is 0 Å². The minimum absolute atomic E-state index is 0.0899. The van der Waals surface area contributed by atoms with Crippen LogP contribution < -0.4 is 5.56 Å². The zero-order valence-corrected chi connectivity index (χ0v) is 10.2. The SMILES string of the molecule is O=c1ccccn1CCN1CCC(Br)C1. The molecule has 0 bridgehead atoms. The number of hydrogen-bond donors (Lipinski definition) is 0. The van der Waals surface area contributed by atoms with Crippen LogP contribution in [0.2, 0.25) is 0 Å². The number of halogens is 1. The number of rotatable bonds is 3. The third-order valence-corrected chi connectivity index (χ3v) is 3.52. The Hall–Kier alpha value is -0.610. The first-order chi connectivity index (χ1) is 7.25. The topological polar surface area (TPSA) is 25.2 Å². The van der Waals surface area contributed by atoms with Gasteiger partial charge in [-0.3, -0.25) is 4.79 Å². The Bertz CT molecular complexity index is 377. The lowest BCUT2D eigenvalue weighted by molar-refractivity contribution is 0.321. The molecule has 0 saturated carbocycles. The first kappa shape index (κ1) is 10.9. The largest absolute Gasteiger partial charge is 0.314 e. The van der Waals surface area contributed by atoms with Gasteiger partial charge in [0, 0.05) is 36.7 Å². The van der Waals surface area contributed by atoms with Gasteiger partial charge in [0.15, 0.2) is 0 Å². The lowest BCUT2D eigenvalue weighted by Crippen LogP contribution is -2.29. The van der Waals surface area contributed by atoms with Gasteiger partial charge in [0.25, 0.3) is 5.56 Å². The molecule has 2 rings (SSSR count). The highest BCUT2D eigenvalue weighted by Crippen LogP contribution is 2.15.